The normalized spacial score (nSPS) is 12.0. The Labute approximate surface area is 192 Å². The van der Waals surface area contributed by atoms with Crippen molar-refractivity contribution in [3.8, 4) is 11.6 Å². The molecule has 0 unspecified atom stereocenters. The van der Waals surface area contributed by atoms with Crippen LogP contribution in [0.1, 0.15) is 32.9 Å². The molecule has 0 atom stereocenters. The van der Waals surface area contributed by atoms with Gasteiger partial charge in [0.2, 0.25) is 5.88 Å². The van der Waals surface area contributed by atoms with Gasteiger partial charge in [-0.05, 0) is 19.1 Å². The smallest absolute Gasteiger partial charge is 0.433 e. The van der Waals surface area contributed by atoms with Gasteiger partial charge < -0.3 is 5.11 Å². The van der Waals surface area contributed by atoms with Gasteiger partial charge in [0.15, 0.2) is 29.1 Å². The first-order valence-corrected chi connectivity index (χ1v) is 8.37. The van der Waals surface area contributed by atoms with E-state index in [0.29, 0.717) is 6.20 Å². The number of carbonyl (C=O) groups is 1. The van der Waals surface area contributed by atoms with Crippen LogP contribution in [0.5, 0.6) is 5.88 Å². The van der Waals surface area contributed by atoms with Gasteiger partial charge in [-0.2, -0.15) is 36.1 Å². The summed E-state index contributed by atoms with van der Waals surface area (Å²) >= 11 is 0. The number of carbonyl (C=O) groups excluding carboxylic acids is 1. The second kappa shape index (κ2) is 8.91. The maximum absolute atomic E-state index is 14.3. The standard InChI is InChI=1S/C18H7F10N3O2.Cu/c1-5-8(15(32)6-2-3-29-7(4-6)17(23,24)25)16(33)31(30-5)14-12(21)10(19)9(18(26,27)28)11(20)13(14)22;/h2-4,33H,1H3;. The van der Waals surface area contributed by atoms with E-state index in [4.69, 9.17) is 0 Å². The summed E-state index contributed by atoms with van der Waals surface area (Å²) in [4.78, 5) is 15.6. The molecule has 2 heterocycles. The van der Waals surface area contributed by atoms with Crippen LogP contribution in [0.3, 0.4) is 0 Å². The fourth-order valence-corrected chi connectivity index (χ4v) is 2.86. The molecule has 0 fully saturated rings. The van der Waals surface area contributed by atoms with Gasteiger partial charge in [-0.1, -0.05) is 0 Å². The minimum atomic E-state index is -5.82. The zero-order valence-electron chi connectivity index (χ0n) is 16.0. The van der Waals surface area contributed by atoms with Gasteiger partial charge in [-0.3, -0.25) is 9.78 Å². The molecule has 1 aromatic carbocycles. The van der Waals surface area contributed by atoms with Crippen molar-refractivity contribution in [3.63, 3.8) is 0 Å². The van der Waals surface area contributed by atoms with Gasteiger partial charge in [0.05, 0.1) is 5.69 Å². The molecule has 0 aliphatic carbocycles. The molecule has 0 aliphatic heterocycles. The number of hydrogen-bond acceptors (Lipinski definition) is 4. The summed E-state index contributed by atoms with van der Waals surface area (Å²) in [5.41, 5.74) is -8.53. The van der Waals surface area contributed by atoms with Crippen molar-refractivity contribution >= 4 is 5.78 Å². The molecule has 0 spiro atoms. The van der Waals surface area contributed by atoms with Gasteiger partial charge in [-0.15, -0.1) is 0 Å². The number of alkyl halides is 6. The monoisotopic (exact) mass is 550 g/mol. The maximum atomic E-state index is 14.3. The van der Waals surface area contributed by atoms with Crippen molar-refractivity contribution in [2.24, 2.45) is 0 Å². The van der Waals surface area contributed by atoms with Crippen LogP contribution < -0.4 is 0 Å². The number of nitrogens with zero attached hydrogens (tertiary/aromatic N) is 3. The topological polar surface area (TPSA) is 68.0 Å². The molecule has 0 aliphatic rings. The first-order chi connectivity index (χ1) is 15.1. The van der Waals surface area contributed by atoms with E-state index in [-0.39, 0.29) is 27.8 Å². The van der Waals surface area contributed by atoms with E-state index >= 15 is 0 Å². The van der Waals surface area contributed by atoms with Gasteiger partial charge >= 0.3 is 12.4 Å². The van der Waals surface area contributed by atoms with Crippen LogP contribution in [0.4, 0.5) is 43.9 Å². The van der Waals surface area contributed by atoms with Crippen LogP contribution in [-0.2, 0) is 29.4 Å². The Hall–Kier alpha value is -3.13. The molecule has 1 radical (unpaired) electrons. The van der Waals surface area contributed by atoms with Crippen LogP contribution in [0.25, 0.3) is 5.69 Å². The Bertz CT molecular complexity index is 1260. The van der Waals surface area contributed by atoms with Crippen molar-refractivity contribution in [1.29, 1.82) is 0 Å². The minimum Gasteiger partial charge on any atom is -0.493 e. The molecular formula is C18H7CuF10N3O2. The summed E-state index contributed by atoms with van der Waals surface area (Å²) in [7, 11) is 0. The van der Waals surface area contributed by atoms with Gasteiger partial charge in [0.1, 0.15) is 22.5 Å². The fraction of sp³-hybridized carbons (Fsp3) is 0.167. The summed E-state index contributed by atoms with van der Waals surface area (Å²) in [6, 6.07) is 1.09. The van der Waals surface area contributed by atoms with E-state index in [9.17, 15) is 53.8 Å². The summed E-state index contributed by atoms with van der Waals surface area (Å²) in [6.45, 7) is 0.932. The molecule has 0 amide bonds. The minimum absolute atomic E-state index is 0. The van der Waals surface area contributed by atoms with Gasteiger partial charge in [0.25, 0.3) is 0 Å². The Morgan fingerprint density at radius 2 is 1.47 bits per heavy atom. The summed E-state index contributed by atoms with van der Waals surface area (Å²) < 4.78 is 133. The number of ketones is 1. The molecule has 3 rings (SSSR count). The molecule has 3 aromatic rings. The zero-order chi connectivity index (χ0) is 25.0. The Balaban J connectivity index is 0.00000408. The van der Waals surface area contributed by atoms with Crippen molar-refractivity contribution in [2.75, 3.05) is 0 Å². The SMILES string of the molecule is Cc1nn(-c2c(F)c(F)c(C(F)(F)F)c(F)c2F)c(O)c1C(=O)c1ccnc(C(F)(F)F)c1.[Cu]. The van der Waals surface area contributed by atoms with Gasteiger partial charge in [0, 0.05) is 28.8 Å². The zero-order valence-corrected chi connectivity index (χ0v) is 17.0. The van der Waals surface area contributed by atoms with Gasteiger partial charge in [-0.25, -0.2) is 17.6 Å². The van der Waals surface area contributed by atoms with E-state index < -0.39 is 81.1 Å². The molecule has 187 valence electrons. The quantitative estimate of drug-likeness (QED) is 0.213. The third-order valence-electron chi connectivity index (χ3n) is 4.31. The van der Waals surface area contributed by atoms with Crippen LogP contribution in [0, 0.1) is 30.2 Å². The third kappa shape index (κ3) is 4.46. The second-order valence-corrected chi connectivity index (χ2v) is 6.43. The van der Waals surface area contributed by atoms with Crippen molar-refractivity contribution in [2.45, 2.75) is 19.3 Å². The second-order valence-electron chi connectivity index (χ2n) is 6.43. The molecular weight excluding hydrogens is 544 g/mol. The van der Waals surface area contributed by atoms with Crippen LogP contribution in [0.15, 0.2) is 18.3 Å². The van der Waals surface area contributed by atoms with Crippen molar-refractivity contribution < 1.29 is 70.9 Å². The van der Waals surface area contributed by atoms with E-state index in [0.717, 1.165) is 13.0 Å². The van der Waals surface area contributed by atoms with E-state index in [1.807, 2.05) is 0 Å². The molecule has 0 saturated carbocycles. The predicted molar refractivity (Wildman–Crippen MR) is 87.5 cm³/mol. The molecule has 5 nitrogen and oxygen atoms in total. The summed E-state index contributed by atoms with van der Waals surface area (Å²) in [5, 5.41) is 13.5. The molecule has 34 heavy (non-hydrogen) atoms. The Kier molecular flexibility index (Phi) is 7.10. The Morgan fingerprint density at radius 3 is 1.94 bits per heavy atom. The number of rotatable bonds is 3. The molecule has 0 saturated heterocycles. The number of halogens is 10. The van der Waals surface area contributed by atoms with Crippen LogP contribution in [0.2, 0.25) is 0 Å². The number of hydrogen-bond donors (Lipinski definition) is 1. The van der Waals surface area contributed by atoms with Crippen LogP contribution >= 0.6 is 0 Å². The number of aryl methyl sites for hydroxylation is 1. The number of aromatic hydroxyl groups is 1. The molecule has 2 aromatic heterocycles. The largest absolute Gasteiger partial charge is 0.493 e. The Morgan fingerprint density at radius 1 is 0.941 bits per heavy atom. The average Bonchev–Trinajstić information content (AvgIpc) is 2.98. The summed E-state index contributed by atoms with van der Waals surface area (Å²) in [6.07, 6.45) is -10.2. The number of pyridine rings is 1. The molecule has 16 heteroatoms. The van der Waals surface area contributed by atoms with Crippen LogP contribution in [-0.4, -0.2) is 25.7 Å². The van der Waals surface area contributed by atoms with Crippen molar-refractivity contribution in [3.05, 3.63) is 69.7 Å². The molecule has 1 N–H and O–H groups in total. The summed E-state index contributed by atoms with van der Waals surface area (Å²) in [5.74, 6) is -13.7. The third-order valence-corrected chi connectivity index (χ3v) is 4.31. The van der Waals surface area contributed by atoms with E-state index in [2.05, 4.69) is 10.1 Å². The first kappa shape index (κ1) is 27.1. The van der Waals surface area contributed by atoms with Crippen molar-refractivity contribution in [1.82, 2.24) is 14.8 Å². The average molecular weight is 551 g/mol. The first-order valence-electron chi connectivity index (χ1n) is 8.37. The maximum Gasteiger partial charge on any atom is 0.433 e. The molecule has 0 bridgehead atoms. The number of benzene rings is 1. The van der Waals surface area contributed by atoms with E-state index in [1.165, 1.54) is 0 Å². The van der Waals surface area contributed by atoms with E-state index in [1.54, 1.807) is 0 Å². The number of aromatic nitrogens is 3. The predicted octanol–water partition coefficient (Wildman–Crippen LogP) is 5.10. The fourth-order valence-electron chi connectivity index (χ4n) is 2.86.